The van der Waals surface area contributed by atoms with Gasteiger partial charge in [-0.3, -0.25) is 9.10 Å². The zero-order valence-electron chi connectivity index (χ0n) is 15.0. The lowest BCUT2D eigenvalue weighted by molar-refractivity contribution is -0.120. The van der Waals surface area contributed by atoms with Crippen LogP contribution in [0.25, 0.3) is 0 Å². The zero-order valence-corrected chi connectivity index (χ0v) is 17.3. The number of halogens is 2. The van der Waals surface area contributed by atoms with Crippen molar-refractivity contribution in [2.75, 3.05) is 24.0 Å². The van der Waals surface area contributed by atoms with Gasteiger partial charge in [-0.2, -0.15) is 0 Å². The maximum absolute atomic E-state index is 13.2. The van der Waals surface area contributed by atoms with Gasteiger partial charge in [0.15, 0.2) is 0 Å². The highest BCUT2D eigenvalue weighted by atomic mass is 35.5. The van der Waals surface area contributed by atoms with E-state index in [-0.39, 0.29) is 26.7 Å². The molecule has 1 heterocycles. The van der Waals surface area contributed by atoms with Crippen LogP contribution in [0.3, 0.4) is 0 Å². The molecule has 150 valence electrons. The minimum absolute atomic E-state index is 0.0382. The van der Waals surface area contributed by atoms with E-state index in [0.717, 1.165) is 17.1 Å². The molecule has 0 spiro atoms. The van der Waals surface area contributed by atoms with Gasteiger partial charge in [0.2, 0.25) is 5.91 Å². The van der Waals surface area contributed by atoms with Gasteiger partial charge in [0, 0.05) is 23.2 Å². The maximum atomic E-state index is 13.2. The second-order valence-electron chi connectivity index (χ2n) is 6.39. The summed E-state index contributed by atoms with van der Waals surface area (Å²) < 4.78 is 32.9. The molecular weight excluding hydrogens is 423 g/mol. The number of nitrogens with zero attached hydrogens (tertiary/aromatic N) is 1. The van der Waals surface area contributed by atoms with E-state index in [0.29, 0.717) is 13.2 Å². The standard InChI is InChI=1S/C19H20Cl2N2O4S/c20-14-9-15(21)11-16(10-14)23(28(25,26)18-6-2-1-3-7-18)13-19(24)22-12-17-5-4-8-27-17/h1-3,6-7,9-11,17H,4-5,8,12-13H2,(H,22,24). The van der Waals surface area contributed by atoms with Gasteiger partial charge in [-0.05, 0) is 43.2 Å². The number of carbonyl (C=O) groups is 1. The van der Waals surface area contributed by atoms with Crippen molar-refractivity contribution in [3.63, 3.8) is 0 Å². The van der Waals surface area contributed by atoms with Crippen LogP contribution in [0, 0.1) is 0 Å². The highest BCUT2D eigenvalue weighted by molar-refractivity contribution is 7.92. The topological polar surface area (TPSA) is 75.7 Å². The van der Waals surface area contributed by atoms with Gasteiger partial charge in [0.25, 0.3) is 10.0 Å². The van der Waals surface area contributed by atoms with Crippen LogP contribution < -0.4 is 9.62 Å². The third-order valence-corrected chi connectivity index (χ3v) is 6.53. The van der Waals surface area contributed by atoms with Crippen molar-refractivity contribution in [2.24, 2.45) is 0 Å². The third-order valence-electron chi connectivity index (χ3n) is 4.30. The quantitative estimate of drug-likeness (QED) is 0.711. The summed E-state index contributed by atoms with van der Waals surface area (Å²) in [4.78, 5) is 12.6. The molecule has 1 aliphatic heterocycles. The first-order valence-electron chi connectivity index (χ1n) is 8.78. The van der Waals surface area contributed by atoms with Gasteiger partial charge >= 0.3 is 0 Å². The largest absolute Gasteiger partial charge is 0.376 e. The van der Waals surface area contributed by atoms with Crippen molar-refractivity contribution in [1.29, 1.82) is 0 Å². The van der Waals surface area contributed by atoms with Gasteiger partial charge in [-0.1, -0.05) is 41.4 Å². The van der Waals surface area contributed by atoms with Gasteiger partial charge in [0.1, 0.15) is 6.54 Å². The minimum Gasteiger partial charge on any atom is -0.376 e. The van der Waals surface area contributed by atoms with E-state index < -0.39 is 22.5 Å². The highest BCUT2D eigenvalue weighted by Crippen LogP contribution is 2.29. The lowest BCUT2D eigenvalue weighted by Gasteiger charge is -2.25. The maximum Gasteiger partial charge on any atom is 0.264 e. The van der Waals surface area contributed by atoms with Crippen molar-refractivity contribution < 1.29 is 17.9 Å². The van der Waals surface area contributed by atoms with Crippen LogP contribution in [0.4, 0.5) is 5.69 Å². The van der Waals surface area contributed by atoms with E-state index in [1.54, 1.807) is 18.2 Å². The Balaban J connectivity index is 1.87. The van der Waals surface area contributed by atoms with Crippen LogP contribution in [-0.4, -0.2) is 40.1 Å². The number of amides is 1. The van der Waals surface area contributed by atoms with Crippen LogP contribution in [0.2, 0.25) is 10.0 Å². The van der Waals surface area contributed by atoms with Crippen LogP contribution in [0.5, 0.6) is 0 Å². The SMILES string of the molecule is O=C(CN(c1cc(Cl)cc(Cl)c1)S(=O)(=O)c1ccccc1)NCC1CCCO1. The van der Waals surface area contributed by atoms with E-state index in [2.05, 4.69) is 5.32 Å². The Morgan fingerprint density at radius 3 is 2.43 bits per heavy atom. The first kappa shape index (κ1) is 20.9. The van der Waals surface area contributed by atoms with Crippen molar-refractivity contribution in [3.8, 4) is 0 Å². The first-order valence-corrected chi connectivity index (χ1v) is 11.0. The number of hydrogen-bond donors (Lipinski definition) is 1. The van der Waals surface area contributed by atoms with E-state index in [1.807, 2.05) is 0 Å². The molecule has 1 fully saturated rings. The minimum atomic E-state index is -4.00. The molecule has 3 rings (SSSR count). The summed E-state index contributed by atoms with van der Waals surface area (Å²) in [6.07, 6.45) is 1.79. The third kappa shape index (κ3) is 5.17. The molecule has 0 bridgehead atoms. The van der Waals surface area contributed by atoms with Gasteiger partial charge in [-0.25, -0.2) is 8.42 Å². The number of carbonyl (C=O) groups excluding carboxylic acids is 1. The molecule has 6 nitrogen and oxygen atoms in total. The summed E-state index contributed by atoms with van der Waals surface area (Å²) in [7, 11) is -4.00. The average molecular weight is 443 g/mol. The molecule has 2 aromatic rings. The number of anilines is 1. The van der Waals surface area contributed by atoms with Gasteiger partial charge in [-0.15, -0.1) is 0 Å². The van der Waals surface area contributed by atoms with Crippen LogP contribution in [0.15, 0.2) is 53.4 Å². The normalized spacial score (nSPS) is 16.7. The number of rotatable bonds is 7. The molecule has 2 aromatic carbocycles. The Bertz CT molecular complexity index is 912. The summed E-state index contributed by atoms with van der Waals surface area (Å²) in [5.74, 6) is -0.439. The number of hydrogen-bond acceptors (Lipinski definition) is 4. The van der Waals surface area contributed by atoms with Crippen molar-refractivity contribution >= 4 is 44.8 Å². The summed E-state index contributed by atoms with van der Waals surface area (Å²) in [6.45, 7) is 0.616. The molecule has 9 heteroatoms. The molecule has 1 N–H and O–H groups in total. The summed E-state index contributed by atoms with van der Waals surface area (Å²) in [5, 5.41) is 3.29. The molecule has 0 aromatic heterocycles. The zero-order chi connectivity index (χ0) is 20.1. The van der Waals surface area contributed by atoms with E-state index in [4.69, 9.17) is 27.9 Å². The van der Waals surface area contributed by atoms with Crippen molar-refractivity contribution in [1.82, 2.24) is 5.32 Å². The Kier molecular flexibility index (Phi) is 6.82. The molecule has 1 atom stereocenters. The number of ether oxygens (including phenoxy) is 1. The monoisotopic (exact) mass is 442 g/mol. The Hall–Kier alpha value is -1.80. The predicted octanol–water partition coefficient (Wildman–Crippen LogP) is 3.48. The average Bonchev–Trinajstić information content (AvgIpc) is 3.18. The van der Waals surface area contributed by atoms with Crippen molar-refractivity contribution in [3.05, 3.63) is 58.6 Å². The fraction of sp³-hybridized carbons (Fsp3) is 0.316. The molecular formula is C19H20Cl2N2O4S. The molecule has 1 amide bonds. The Morgan fingerprint density at radius 1 is 1.14 bits per heavy atom. The predicted molar refractivity (Wildman–Crippen MR) is 109 cm³/mol. The summed E-state index contributed by atoms with van der Waals surface area (Å²) in [5.41, 5.74) is 0.216. The lowest BCUT2D eigenvalue weighted by Crippen LogP contribution is -2.42. The van der Waals surface area contributed by atoms with E-state index in [1.165, 1.54) is 30.3 Å². The highest BCUT2D eigenvalue weighted by Gasteiger charge is 2.28. The molecule has 0 aliphatic carbocycles. The van der Waals surface area contributed by atoms with Gasteiger partial charge in [0.05, 0.1) is 16.7 Å². The van der Waals surface area contributed by atoms with E-state index >= 15 is 0 Å². The fourth-order valence-electron chi connectivity index (χ4n) is 2.94. The first-order chi connectivity index (χ1) is 13.4. The molecule has 1 saturated heterocycles. The second kappa shape index (κ2) is 9.13. The number of nitrogens with one attached hydrogen (secondary N) is 1. The second-order valence-corrected chi connectivity index (χ2v) is 9.13. The Labute approximate surface area is 174 Å². The fourth-order valence-corrected chi connectivity index (χ4v) is 4.88. The number of sulfonamides is 1. The van der Waals surface area contributed by atoms with Gasteiger partial charge < -0.3 is 10.1 Å². The molecule has 0 saturated carbocycles. The van der Waals surface area contributed by atoms with E-state index in [9.17, 15) is 13.2 Å². The van der Waals surface area contributed by atoms with Crippen molar-refractivity contribution in [2.45, 2.75) is 23.8 Å². The molecule has 28 heavy (non-hydrogen) atoms. The van der Waals surface area contributed by atoms with Crippen LogP contribution >= 0.6 is 23.2 Å². The van der Waals surface area contributed by atoms with Crippen LogP contribution in [0.1, 0.15) is 12.8 Å². The number of benzene rings is 2. The molecule has 0 radical (unpaired) electrons. The summed E-state index contributed by atoms with van der Waals surface area (Å²) >= 11 is 12.1. The van der Waals surface area contributed by atoms with Crippen LogP contribution in [-0.2, 0) is 19.6 Å². The molecule has 1 aliphatic rings. The Morgan fingerprint density at radius 2 is 1.82 bits per heavy atom. The smallest absolute Gasteiger partial charge is 0.264 e. The molecule has 1 unspecified atom stereocenters. The lowest BCUT2D eigenvalue weighted by atomic mass is 10.2. The summed E-state index contributed by atoms with van der Waals surface area (Å²) in [6, 6.07) is 12.3.